The van der Waals surface area contributed by atoms with Crippen molar-refractivity contribution in [3.8, 4) is 0 Å². The van der Waals surface area contributed by atoms with E-state index in [0.29, 0.717) is 6.42 Å². The predicted octanol–water partition coefficient (Wildman–Crippen LogP) is 1.26. The second kappa shape index (κ2) is 1.95. The molecule has 0 saturated carbocycles. The molecule has 0 fully saturated rings. The molecule has 0 atom stereocenters. The Morgan fingerprint density at radius 1 is 1.75 bits per heavy atom. The quantitative estimate of drug-likeness (QED) is 0.455. The van der Waals surface area contributed by atoms with Gasteiger partial charge in [0.25, 0.3) is 0 Å². The second-order valence-electron chi connectivity index (χ2n) is 1.92. The molecule has 1 aliphatic carbocycles. The zero-order valence-corrected chi connectivity index (χ0v) is 4.77. The van der Waals surface area contributed by atoms with Gasteiger partial charge in [-0.25, -0.2) is 0 Å². The lowest BCUT2D eigenvalue weighted by molar-refractivity contribution is -0.114. The fraction of sp³-hybridized carbons (Fsp3) is 0.286. The fourth-order valence-electron chi connectivity index (χ4n) is 0.640. The van der Waals surface area contributed by atoms with Gasteiger partial charge in [-0.05, 0) is 6.92 Å². The number of Topliss-reactive ketones (excluding diaryl/α,β-unsaturated/α-hetero) is 1. The first kappa shape index (κ1) is 5.29. The topological polar surface area (TPSA) is 17.1 Å². The molecule has 0 unspecified atom stereocenters. The van der Waals surface area contributed by atoms with E-state index in [1.807, 2.05) is 13.0 Å². The maximum Gasteiger partial charge on any atom is 0.167 e. The van der Waals surface area contributed by atoms with Crippen LogP contribution in [0.25, 0.3) is 0 Å². The largest absolute Gasteiger partial charge is 0.294 e. The van der Waals surface area contributed by atoms with Crippen LogP contribution >= 0.6 is 0 Å². The van der Waals surface area contributed by atoms with E-state index in [1.54, 1.807) is 6.08 Å². The molecule has 0 aromatic rings. The van der Waals surface area contributed by atoms with Gasteiger partial charge in [-0.3, -0.25) is 4.79 Å². The first-order valence-electron chi connectivity index (χ1n) is 2.57. The van der Waals surface area contributed by atoms with E-state index >= 15 is 0 Å². The number of rotatable bonds is 0. The summed E-state index contributed by atoms with van der Waals surface area (Å²) in [7, 11) is 0. The standard InChI is InChI=1S/C7H7O/c1-6-3-2-4-7(8)5-6/h2-3H,5H2,1H3. The Bertz CT molecular complexity index is 163. The Kier molecular flexibility index (Phi) is 1.29. The van der Waals surface area contributed by atoms with Crippen molar-refractivity contribution < 1.29 is 4.79 Å². The summed E-state index contributed by atoms with van der Waals surface area (Å²) in [6, 6.07) is 0. The van der Waals surface area contributed by atoms with Crippen molar-refractivity contribution in [3.63, 3.8) is 0 Å². The molecule has 0 aliphatic heterocycles. The Labute approximate surface area is 48.7 Å². The van der Waals surface area contributed by atoms with Gasteiger partial charge in [-0.15, -0.1) is 0 Å². The van der Waals surface area contributed by atoms with Crippen molar-refractivity contribution in [3.05, 3.63) is 23.8 Å². The number of hydrogen-bond donors (Lipinski definition) is 0. The molecule has 0 heterocycles. The molecule has 8 heavy (non-hydrogen) atoms. The van der Waals surface area contributed by atoms with Crippen molar-refractivity contribution in [1.82, 2.24) is 0 Å². The van der Waals surface area contributed by atoms with Gasteiger partial charge >= 0.3 is 0 Å². The Morgan fingerprint density at radius 3 is 2.88 bits per heavy atom. The Hall–Kier alpha value is -0.850. The molecule has 0 aromatic heterocycles. The number of allylic oxidation sites excluding steroid dienone is 4. The molecule has 0 aromatic carbocycles. The van der Waals surface area contributed by atoms with Gasteiger partial charge in [0.05, 0.1) is 0 Å². The van der Waals surface area contributed by atoms with Crippen LogP contribution in [0.2, 0.25) is 0 Å². The summed E-state index contributed by atoms with van der Waals surface area (Å²) in [6.07, 6.45) is 6.70. The minimum Gasteiger partial charge on any atom is -0.294 e. The van der Waals surface area contributed by atoms with Gasteiger partial charge in [0, 0.05) is 12.5 Å². The average molecular weight is 107 g/mol. The summed E-state index contributed by atoms with van der Waals surface area (Å²) in [4.78, 5) is 10.5. The van der Waals surface area contributed by atoms with Crippen LogP contribution in [-0.2, 0) is 4.79 Å². The van der Waals surface area contributed by atoms with Gasteiger partial charge in [0.2, 0.25) is 0 Å². The summed E-state index contributed by atoms with van der Waals surface area (Å²) in [5, 5.41) is 0. The molecule has 0 saturated heterocycles. The highest BCUT2D eigenvalue weighted by molar-refractivity contribution is 5.89. The molecule has 0 N–H and O–H groups in total. The maximum atomic E-state index is 10.5. The molecule has 1 rings (SSSR count). The molecule has 1 heteroatoms. The van der Waals surface area contributed by atoms with Crippen LogP contribution in [0.5, 0.6) is 0 Å². The Morgan fingerprint density at radius 2 is 2.50 bits per heavy atom. The van der Waals surface area contributed by atoms with Crippen molar-refractivity contribution in [1.29, 1.82) is 0 Å². The minimum atomic E-state index is 0.0880. The zero-order valence-electron chi connectivity index (χ0n) is 4.77. The van der Waals surface area contributed by atoms with Crippen LogP contribution in [-0.4, -0.2) is 5.78 Å². The molecule has 1 radical (unpaired) electrons. The van der Waals surface area contributed by atoms with Crippen LogP contribution in [0.3, 0.4) is 0 Å². The molecule has 0 spiro atoms. The lowest BCUT2D eigenvalue weighted by Crippen LogP contribution is -1.96. The van der Waals surface area contributed by atoms with E-state index in [4.69, 9.17) is 0 Å². The number of carbonyl (C=O) groups excluding carboxylic acids is 1. The third-order valence-corrected chi connectivity index (χ3v) is 1.05. The third-order valence-electron chi connectivity index (χ3n) is 1.05. The first-order valence-corrected chi connectivity index (χ1v) is 2.57. The van der Waals surface area contributed by atoms with Crippen LogP contribution in [0, 0.1) is 6.08 Å². The van der Waals surface area contributed by atoms with E-state index in [0.717, 1.165) is 5.57 Å². The lowest BCUT2D eigenvalue weighted by Gasteiger charge is -1.97. The molecule has 1 aliphatic rings. The Balaban J connectivity index is 2.73. The molecular weight excluding hydrogens is 100 g/mol. The van der Waals surface area contributed by atoms with Gasteiger partial charge in [-0.2, -0.15) is 0 Å². The van der Waals surface area contributed by atoms with Gasteiger partial charge in [-0.1, -0.05) is 17.7 Å². The fourth-order valence-corrected chi connectivity index (χ4v) is 0.640. The van der Waals surface area contributed by atoms with Crippen LogP contribution < -0.4 is 0 Å². The monoisotopic (exact) mass is 107 g/mol. The number of hydrogen-bond acceptors (Lipinski definition) is 1. The smallest absolute Gasteiger partial charge is 0.167 e. The van der Waals surface area contributed by atoms with Gasteiger partial charge < -0.3 is 0 Å². The van der Waals surface area contributed by atoms with Crippen molar-refractivity contribution >= 4 is 5.78 Å². The van der Waals surface area contributed by atoms with E-state index in [-0.39, 0.29) is 5.78 Å². The summed E-state index contributed by atoms with van der Waals surface area (Å²) in [5.41, 5.74) is 1.12. The van der Waals surface area contributed by atoms with Crippen LogP contribution in [0.4, 0.5) is 0 Å². The summed E-state index contributed by atoms with van der Waals surface area (Å²) < 4.78 is 0. The molecule has 0 bridgehead atoms. The normalized spacial score (nSPS) is 18.6. The van der Waals surface area contributed by atoms with Crippen molar-refractivity contribution in [2.75, 3.05) is 0 Å². The summed E-state index contributed by atoms with van der Waals surface area (Å²) >= 11 is 0. The van der Waals surface area contributed by atoms with E-state index < -0.39 is 0 Å². The molecule has 1 nitrogen and oxygen atoms in total. The second-order valence-corrected chi connectivity index (χ2v) is 1.92. The van der Waals surface area contributed by atoms with E-state index in [2.05, 4.69) is 6.08 Å². The predicted molar refractivity (Wildman–Crippen MR) is 31.2 cm³/mol. The third kappa shape index (κ3) is 1.06. The first-order chi connectivity index (χ1) is 3.79. The van der Waals surface area contributed by atoms with E-state index in [1.165, 1.54) is 0 Å². The maximum absolute atomic E-state index is 10.5. The molecule has 0 amide bonds. The lowest BCUT2D eigenvalue weighted by atomic mass is 10.1. The van der Waals surface area contributed by atoms with Crippen LogP contribution in [0.1, 0.15) is 13.3 Å². The highest BCUT2D eigenvalue weighted by Gasteiger charge is 2.00. The summed E-state index contributed by atoms with van der Waals surface area (Å²) in [6.45, 7) is 1.94. The molecule has 41 valence electrons. The number of carbonyl (C=O) groups is 1. The highest BCUT2D eigenvalue weighted by Crippen LogP contribution is 2.05. The SMILES string of the molecule is CC1=CC=[C]C(=O)C1. The highest BCUT2D eigenvalue weighted by atomic mass is 16.1. The van der Waals surface area contributed by atoms with Gasteiger partial charge in [0.1, 0.15) is 0 Å². The van der Waals surface area contributed by atoms with Crippen molar-refractivity contribution in [2.45, 2.75) is 13.3 Å². The average Bonchev–Trinajstić information content (AvgIpc) is 1.64. The van der Waals surface area contributed by atoms with E-state index in [9.17, 15) is 4.79 Å². The zero-order chi connectivity index (χ0) is 5.98. The number of ketones is 1. The van der Waals surface area contributed by atoms with Gasteiger partial charge in [0.15, 0.2) is 5.78 Å². The van der Waals surface area contributed by atoms with Crippen LogP contribution in [0.15, 0.2) is 17.7 Å². The van der Waals surface area contributed by atoms with Crippen molar-refractivity contribution in [2.24, 2.45) is 0 Å². The summed E-state index contributed by atoms with van der Waals surface area (Å²) in [5.74, 6) is 0.0880. The molecular formula is C7H7O. The minimum absolute atomic E-state index is 0.0880.